The van der Waals surface area contributed by atoms with Crippen LogP contribution in [0.5, 0.6) is 11.5 Å². The van der Waals surface area contributed by atoms with E-state index in [-0.39, 0.29) is 29.8 Å². The van der Waals surface area contributed by atoms with Crippen molar-refractivity contribution in [2.75, 3.05) is 19.3 Å². The summed E-state index contributed by atoms with van der Waals surface area (Å²) in [5.41, 5.74) is 0.201. The Morgan fingerprint density at radius 1 is 1.35 bits per heavy atom. The van der Waals surface area contributed by atoms with Crippen molar-refractivity contribution in [1.29, 1.82) is 0 Å². The van der Waals surface area contributed by atoms with Gasteiger partial charge in [0.25, 0.3) is 0 Å². The van der Waals surface area contributed by atoms with Crippen LogP contribution in [0, 0.1) is 0 Å². The zero-order chi connectivity index (χ0) is 15.2. The van der Waals surface area contributed by atoms with Gasteiger partial charge in [0.05, 0.1) is 11.4 Å². The molecule has 0 atom stereocenters. The number of phenols is 1. The van der Waals surface area contributed by atoms with Crippen LogP contribution in [0.25, 0.3) is 0 Å². The van der Waals surface area contributed by atoms with E-state index in [0.717, 1.165) is 6.04 Å². The third-order valence-electron chi connectivity index (χ3n) is 2.70. The first kappa shape index (κ1) is 17.0. The van der Waals surface area contributed by atoms with Crippen LogP contribution in [-0.2, 0) is 4.74 Å². The van der Waals surface area contributed by atoms with Crippen LogP contribution in [-0.4, -0.2) is 38.2 Å². The quantitative estimate of drug-likeness (QED) is 0.262. The van der Waals surface area contributed by atoms with E-state index in [4.69, 9.17) is 21.1 Å². The van der Waals surface area contributed by atoms with E-state index in [1.807, 2.05) is 0 Å². The minimum Gasteiger partial charge on any atom is -0.507 e. The number of ether oxygens (including phenoxy) is 2. The van der Waals surface area contributed by atoms with Gasteiger partial charge in [0.15, 0.2) is 12.6 Å². The predicted molar refractivity (Wildman–Crippen MR) is 82.8 cm³/mol. The summed E-state index contributed by atoms with van der Waals surface area (Å²) in [5.74, 6) is -0.146. The summed E-state index contributed by atoms with van der Waals surface area (Å²) in [6.07, 6.45) is 0. The molecular weight excluding hydrogens is 296 g/mol. The molecule has 0 saturated heterocycles. The molecule has 0 heterocycles. The Bertz CT molecular complexity index is 457. The summed E-state index contributed by atoms with van der Waals surface area (Å²) in [6.45, 7) is 7.64. The Morgan fingerprint density at radius 2 is 2.05 bits per heavy atom. The molecule has 1 aromatic carbocycles. The maximum absolute atomic E-state index is 11.4. The Hall–Kier alpha value is -1.04. The smallest absolute Gasteiger partial charge is 0.189 e. The number of carbonyl (C=O) groups is 1. The molecule has 0 aliphatic rings. The molecule has 1 N–H and O–H groups in total. The van der Waals surface area contributed by atoms with Crippen molar-refractivity contribution < 1.29 is 19.4 Å². The Balaban J connectivity index is 2.42. The van der Waals surface area contributed by atoms with Gasteiger partial charge in [0.1, 0.15) is 11.5 Å². The number of aromatic hydroxyl groups is 1. The summed E-state index contributed by atoms with van der Waals surface area (Å²) in [7, 11) is -1.09. The number of hydrogen-bond donors (Lipinski definition) is 1. The fourth-order valence-electron chi connectivity index (χ4n) is 1.46. The van der Waals surface area contributed by atoms with Crippen LogP contribution < -0.4 is 4.74 Å². The summed E-state index contributed by atoms with van der Waals surface area (Å²) < 4.78 is 10.8. The first-order chi connectivity index (χ1) is 9.33. The van der Waals surface area contributed by atoms with E-state index in [2.05, 4.69) is 19.6 Å². The zero-order valence-corrected chi connectivity index (χ0v) is 13.9. The topological polar surface area (TPSA) is 55.8 Å². The Morgan fingerprint density at radius 3 is 2.60 bits per heavy atom. The second-order valence-corrected chi connectivity index (χ2v) is 11.6. The van der Waals surface area contributed by atoms with Crippen molar-refractivity contribution in [1.82, 2.24) is 0 Å². The van der Waals surface area contributed by atoms with Crippen LogP contribution in [0.15, 0.2) is 18.2 Å². The van der Waals surface area contributed by atoms with E-state index in [0.29, 0.717) is 12.4 Å². The second kappa shape index (κ2) is 7.66. The van der Waals surface area contributed by atoms with Crippen LogP contribution in [0.2, 0.25) is 25.7 Å². The molecule has 0 saturated carbocycles. The minimum absolute atomic E-state index is 0.129. The van der Waals surface area contributed by atoms with Gasteiger partial charge >= 0.3 is 0 Å². The first-order valence-electron chi connectivity index (χ1n) is 6.46. The van der Waals surface area contributed by atoms with Crippen LogP contribution >= 0.6 is 11.6 Å². The van der Waals surface area contributed by atoms with Crippen molar-refractivity contribution in [3.63, 3.8) is 0 Å². The van der Waals surface area contributed by atoms with Crippen LogP contribution in [0.4, 0.5) is 0 Å². The van der Waals surface area contributed by atoms with Gasteiger partial charge in [-0.15, -0.1) is 11.6 Å². The molecule has 0 unspecified atom stereocenters. The number of ketones is 1. The Kier molecular flexibility index (Phi) is 6.52. The van der Waals surface area contributed by atoms with E-state index in [1.54, 1.807) is 6.07 Å². The molecule has 20 heavy (non-hydrogen) atoms. The molecule has 1 aromatic rings. The Labute approximate surface area is 125 Å². The molecule has 0 amide bonds. The number of halogens is 1. The average Bonchev–Trinajstić information content (AvgIpc) is 2.36. The molecule has 6 heteroatoms. The van der Waals surface area contributed by atoms with Gasteiger partial charge < -0.3 is 14.6 Å². The van der Waals surface area contributed by atoms with Crippen molar-refractivity contribution in [2.45, 2.75) is 25.7 Å². The van der Waals surface area contributed by atoms with E-state index in [1.165, 1.54) is 12.1 Å². The SMILES string of the molecule is C[Si](C)(C)CCOCOc1ccc(C(=O)CCl)c(O)c1. The highest BCUT2D eigenvalue weighted by atomic mass is 35.5. The highest BCUT2D eigenvalue weighted by Gasteiger charge is 2.12. The lowest BCUT2D eigenvalue weighted by Gasteiger charge is -2.15. The molecular formula is C14H21ClO4Si. The predicted octanol–water partition coefficient (Wildman–Crippen LogP) is 3.50. The molecule has 1 rings (SSSR count). The van der Waals surface area contributed by atoms with Gasteiger partial charge in [0.2, 0.25) is 0 Å². The van der Waals surface area contributed by atoms with Gasteiger partial charge in [-0.1, -0.05) is 19.6 Å². The molecule has 0 bridgehead atoms. The van der Waals surface area contributed by atoms with Gasteiger partial charge in [-0.25, -0.2) is 0 Å². The average molecular weight is 317 g/mol. The molecule has 0 radical (unpaired) electrons. The van der Waals surface area contributed by atoms with E-state index >= 15 is 0 Å². The zero-order valence-electron chi connectivity index (χ0n) is 12.1. The van der Waals surface area contributed by atoms with Crippen molar-refractivity contribution in [3.05, 3.63) is 23.8 Å². The highest BCUT2D eigenvalue weighted by molar-refractivity contribution is 6.76. The number of Topliss-reactive ketones (excluding diaryl/α,β-unsaturated/α-hetero) is 1. The molecule has 0 fully saturated rings. The van der Waals surface area contributed by atoms with Crippen molar-refractivity contribution >= 4 is 25.5 Å². The third kappa shape index (κ3) is 5.94. The largest absolute Gasteiger partial charge is 0.507 e. The van der Waals surface area contributed by atoms with Gasteiger partial charge in [-0.3, -0.25) is 4.79 Å². The highest BCUT2D eigenvalue weighted by Crippen LogP contribution is 2.24. The number of benzene rings is 1. The lowest BCUT2D eigenvalue weighted by Crippen LogP contribution is -2.22. The molecule has 0 aromatic heterocycles. The monoisotopic (exact) mass is 316 g/mol. The third-order valence-corrected chi connectivity index (χ3v) is 4.64. The van der Waals surface area contributed by atoms with E-state index in [9.17, 15) is 9.90 Å². The minimum atomic E-state index is -1.09. The second-order valence-electron chi connectivity index (χ2n) is 5.72. The van der Waals surface area contributed by atoms with E-state index < -0.39 is 8.07 Å². The van der Waals surface area contributed by atoms with Crippen LogP contribution in [0.3, 0.4) is 0 Å². The maximum atomic E-state index is 11.4. The lowest BCUT2D eigenvalue weighted by atomic mass is 10.1. The molecule has 0 aliphatic carbocycles. The summed E-state index contributed by atoms with van der Waals surface area (Å²) in [5, 5.41) is 9.71. The van der Waals surface area contributed by atoms with Gasteiger partial charge in [-0.2, -0.15) is 0 Å². The number of phenolic OH excluding ortho intramolecular Hbond substituents is 1. The fraction of sp³-hybridized carbons (Fsp3) is 0.500. The maximum Gasteiger partial charge on any atom is 0.189 e. The molecule has 112 valence electrons. The first-order valence-corrected chi connectivity index (χ1v) is 10.7. The van der Waals surface area contributed by atoms with Crippen molar-refractivity contribution in [2.24, 2.45) is 0 Å². The normalized spacial score (nSPS) is 11.4. The van der Waals surface area contributed by atoms with Crippen LogP contribution in [0.1, 0.15) is 10.4 Å². The summed E-state index contributed by atoms with van der Waals surface area (Å²) in [4.78, 5) is 11.4. The summed E-state index contributed by atoms with van der Waals surface area (Å²) in [6, 6.07) is 5.57. The number of rotatable bonds is 8. The number of alkyl halides is 1. The van der Waals surface area contributed by atoms with Crippen molar-refractivity contribution in [3.8, 4) is 11.5 Å². The fourth-order valence-corrected chi connectivity index (χ4v) is 2.36. The molecule has 0 spiro atoms. The molecule has 0 aliphatic heterocycles. The molecule has 4 nitrogen and oxygen atoms in total. The number of hydrogen-bond acceptors (Lipinski definition) is 4. The number of carbonyl (C=O) groups excluding carboxylic acids is 1. The van der Waals surface area contributed by atoms with Gasteiger partial charge in [-0.05, 0) is 18.2 Å². The lowest BCUT2D eigenvalue weighted by molar-refractivity contribution is 0.0219. The summed E-state index contributed by atoms with van der Waals surface area (Å²) >= 11 is 5.44. The standard InChI is InChI=1S/C14H21ClO4Si/c1-20(2,3)7-6-18-10-19-11-4-5-12(13(16)8-11)14(17)9-15/h4-5,8,16H,6-7,9-10H2,1-3H3. The van der Waals surface area contributed by atoms with Gasteiger partial charge in [0, 0.05) is 20.7 Å².